The number of aromatic nitrogens is 3. The number of morpholine rings is 1. The van der Waals surface area contributed by atoms with Gasteiger partial charge in [0.2, 0.25) is 27.8 Å². The number of fused-ring (bicyclic) bond motifs is 1. The first kappa shape index (κ1) is 29.5. The van der Waals surface area contributed by atoms with E-state index in [1.165, 1.54) is 25.4 Å². The SMILES string of the molecule is COc1ncc(-c2nc(N3CCOCC3)nc3c(CN4CC[C@@H](N5CCCCC5=O)C4)cc(F)cc23)cc1NS(C)(=O)=O. The summed E-state index contributed by atoms with van der Waals surface area (Å²) in [6.07, 6.45) is 6.04. The smallest absolute Gasteiger partial charge is 0.238 e. The quantitative estimate of drug-likeness (QED) is 0.405. The van der Waals surface area contributed by atoms with Gasteiger partial charge in [0.05, 0.1) is 37.8 Å². The van der Waals surface area contributed by atoms with Gasteiger partial charge in [-0.1, -0.05) is 0 Å². The Balaban J connectivity index is 1.41. The van der Waals surface area contributed by atoms with Gasteiger partial charge in [0.25, 0.3) is 0 Å². The third-order valence-electron chi connectivity index (χ3n) is 8.18. The molecule has 1 amide bonds. The number of anilines is 2. The first-order valence-corrected chi connectivity index (χ1v) is 16.4. The molecule has 1 atom stereocenters. The minimum Gasteiger partial charge on any atom is -0.480 e. The summed E-state index contributed by atoms with van der Waals surface area (Å²) in [4.78, 5) is 33.0. The lowest BCUT2D eigenvalue weighted by molar-refractivity contribution is -0.135. The zero-order chi connectivity index (χ0) is 30.1. The van der Waals surface area contributed by atoms with Crippen molar-refractivity contribution in [1.29, 1.82) is 0 Å². The monoisotopic (exact) mass is 613 g/mol. The van der Waals surface area contributed by atoms with Crippen LogP contribution in [0.2, 0.25) is 0 Å². The number of hydrogen-bond donors (Lipinski definition) is 1. The van der Waals surface area contributed by atoms with E-state index in [4.69, 9.17) is 19.4 Å². The first-order valence-electron chi connectivity index (χ1n) is 14.6. The molecule has 1 N–H and O–H groups in total. The van der Waals surface area contributed by atoms with Crippen LogP contribution in [0.1, 0.15) is 31.2 Å². The highest BCUT2D eigenvalue weighted by Gasteiger charge is 2.32. The molecule has 230 valence electrons. The second-order valence-corrected chi connectivity index (χ2v) is 13.1. The lowest BCUT2D eigenvalue weighted by Gasteiger charge is -2.32. The van der Waals surface area contributed by atoms with E-state index < -0.39 is 15.8 Å². The lowest BCUT2D eigenvalue weighted by atomic mass is 10.0. The predicted molar refractivity (Wildman–Crippen MR) is 160 cm³/mol. The van der Waals surface area contributed by atoms with E-state index in [-0.39, 0.29) is 23.5 Å². The molecular weight excluding hydrogens is 577 g/mol. The van der Waals surface area contributed by atoms with Crippen LogP contribution in [0.3, 0.4) is 0 Å². The van der Waals surface area contributed by atoms with E-state index in [0.717, 1.165) is 50.7 Å². The van der Waals surface area contributed by atoms with Crippen LogP contribution in [-0.4, -0.2) is 104 Å². The zero-order valence-electron chi connectivity index (χ0n) is 24.4. The number of sulfonamides is 1. The first-order chi connectivity index (χ1) is 20.7. The second-order valence-electron chi connectivity index (χ2n) is 11.3. The summed E-state index contributed by atoms with van der Waals surface area (Å²) >= 11 is 0. The van der Waals surface area contributed by atoms with Crippen molar-refractivity contribution in [1.82, 2.24) is 24.8 Å². The number of halogens is 1. The van der Waals surface area contributed by atoms with Crippen molar-refractivity contribution in [2.45, 2.75) is 38.3 Å². The molecule has 3 aromatic rings. The molecule has 43 heavy (non-hydrogen) atoms. The molecule has 0 unspecified atom stereocenters. The number of ether oxygens (including phenoxy) is 2. The Morgan fingerprint density at radius 2 is 1.93 bits per heavy atom. The zero-order valence-corrected chi connectivity index (χ0v) is 25.2. The van der Waals surface area contributed by atoms with Gasteiger partial charge in [0.1, 0.15) is 11.5 Å². The van der Waals surface area contributed by atoms with Gasteiger partial charge in [-0.25, -0.2) is 27.8 Å². The number of benzene rings is 1. The number of methoxy groups -OCH3 is 1. The number of nitrogens with zero attached hydrogens (tertiary/aromatic N) is 6. The summed E-state index contributed by atoms with van der Waals surface area (Å²) in [6, 6.07) is 4.67. The van der Waals surface area contributed by atoms with Gasteiger partial charge in [-0.3, -0.25) is 14.4 Å². The molecule has 3 saturated heterocycles. The fourth-order valence-electron chi connectivity index (χ4n) is 6.18. The standard InChI is InChI=1S/C29H36FN7O5S/c1-41-28-24(34-43(2,39)40)14-19(16-31-28)26-23-15-21(30)13-20(27(23)33-29(32-26)36-9-11-42-12-10-36)17-35-8-6-22(18-35)37-7-4-3-5-25(37)38/h13-16,22,34H,3-12,17-18H2,1-2H3/t22-/m1/s1. The average molecular weight is 614 g/mol. The molecule has 3 aliphatic heterocycles. The molecule has 5 heterocycles. The highest BCUT2D eigenvalue weighted by atomic mass is 32.2. The number of rotatable bonds is 8. The summed E-state index contributed by atoms with van der Waals surface area (Å²) in [5.41, 5.74) is 2.38. The van der Waals surface area contributed by atoms with Crippen molar-refractivity contribution in [2.75, 3.05) is 68.9 Å². The number of likely N-dealkylation sites (tertiary alicyclic amines) is 2. The maximum Gasteiger partial charge on any atom is 0.238 e. The van der Waals surface area contributed by atoms with Crippen molar-refractivity contribution < 1.29 is 27.1 Å². The molecule has 12 nitrogen and oxygen atoms in total. The highest BCUT2D eigenvalue weighted by Crippen LogP contribution is 2.35. The maximum atomic E-state index is 15.3. The molecule has 3 fully saturated rings. The van der Waals surface area contributed by atoms with E-state index >= 15 is 4.39 Å². The van der Waals surface area contributed by atoms with Crippen LogP contribution >= 0.6 is 0 Å². The van der Waals surface area contributed by atoms with Crippen LogP contribution in [-0.2, 0) is 26.1 Å². The maximum absolute atomic E-state index is 15.3. The van der Waals surface area contributed by atoms with E-state index in [1.807, 2.05) is 9.80 Å². The Kier molecular flexibility index (Phi) is 8.34. The van der Waals surface area contributed by atoms with E-state index in [2.05, 4.69) is 14.6 Å². The van der Waals surface area contributed by atoms with E-state index in [0.29, 0.717) is 67.4 Å². The van der Waals surface area contributed by atoms with Crippen molar-refractivity contribution in [3.05, 3.63) is 35.8 Å². The normalized spacial score (nSPS) is 20.2. The number of carbonyl (C=O) groups excluding carboxylic acids is 1. The van der Waals surface area contributed by atoms with E-state index in [9.17, 15) is 13.2 Å². The lowest BCUT2D eigenvalue weighted by Crippen LogP contribution is -2.44. The molecule has 1 aromatic carbocycles. The second kappa shape index (κ2) is 12.2. The predicted octanol–water partition coefficient (Wildman–Crippen LogP) is 2.63. The summed E-state index contributed by atoms with van der Waals surface area (Å²) < 4.78 is 52.7. The number of amides is 1. The van der Waals surface area contributed by atoms with Crippen molar-refractivity contribution >= 4 is 38.5 Å². The number of nitrogens with one attached hydrogen (secondary N) is 1. The molecule has 14 heteroatoms. The fraction of sp³-hybridized carbons (Fsp3) is 0.517. The number of carbonyl (C=O) groups is 1. The Hall–Kier alpha value is -3.62. The van der Waals surface area contributed by atoms with Crippen LogP contribution < -0.4 is 14.4 Å². The molecule has 0 spiro atoms. The van der Waals surface area contributed by atoms with Gasteiger partial charge < -0.3 is 19.3 Å². The van der Waals surface area contributed by atoms with Gasteiger partial charge in [0, 0.05) is 68.9 Å². The molecule has 3 aliphatic rings. The van der Waals surface area contributed by atoms with Crippen LogP contribution in [0.5, 0.6) is 5.88 Å². The number of pyridine rings is 1. The van der Waals surface area contributed by atoms with Crippen LogP contribution in [0, 0.1) is 5.82 Å². The van der Waals surface area contributed by atoms with Crippen molar-refractivity contribution in [2.24, 2.45) is 0 Å². The minimum atomic E-state index is -3.63. The molecule has 6 rings (SSSR count). The Labute approximate surface area is 250 Å². The molecule has 0 aliphatic carbocycles. The van der Waals surface area contributed by atoms with Gasteiger partial charge in [-0.15, -0.1) is 0 Å². The van der Waals surface area contributed by atoms with Gasteiger partial charge in [-0.05, 0) is 43.0 Å². The Morgan fingerprint density at radius 1 is 1.12 bits per heavy atom. The van der Waals surface area contributed by atoms with Gasteiger partial charge in [0.15, 0.2) is 0 Å². The molecule has 0 bridgehead atoms. The fourth-order valence-corrected chi connectivity index (χ4v) is 6.73. The largest absolute Gasteiger partial charge is 0.480 e. The molecular formula is C29H36FN7O5S. The summed E-state index contributed by atoms with van der Waals surface area (Å²) in [5.74, 6) is 0.373. The molecule has 2 aromatic heterocycles. The topological polar surface area (TPSA) is 130 Å². The number of hydrogen-bond acceptors (Lipinski definition) is 10. The summed E-state index contributed by atoms with van der Waals surface area (Å²) in [7, 11) is -2.23. The van der Waals surface area contributed by atoms with Crippen LogP contribution in [0.4, 0.5) is 16.0 Å². The highest BCUT2D eigenvalue weighted by molar-refractivity contribution is 7.92. The van der Waals surface area contributed by atoms with Crippen LogP contribution in [0.15, 0.2) is 24.4 Å². The Morgan fingerprint density at radius 3 is 2.67 bits per heavy atom. The molecule has 0 radical (unpaired) electrons. The van der Waals surface area contributed by atoms with E-state index in [1.54, 1.807) is 6.07 Å². The number of piperidine rings is 1. The summed E-state index contributed by atoms with van der Waals surface area (Å²) in [5, 5.41) is 0.492. The van der Waals surface area contributed by atoms with Gasteiger partial charge in [-0.2, -0.15) is 0 Å². The molecule has 0 saturated carbocycles. The van der Waals surface area contributed by atoms with Crippen molar-refractivity contribution in [3.8, 4) is 17.1 Å². The third-order valence-corrected chi connectivity index (χ3v) is 8.77. The average Bonchev–Trinajstić information content (AvgIpc) is 3.44. The Bertz CT molecular complexity index is 1630. The van der Waals surface area contributed by atoms with Crippen LogP contribution in [0.25, 0.3) is 22.2 Å². The summed E-state index contributed by atoms with van der Waals surface area (Å²) in [6.45, 7) is 5.04. The third kappa shape index (κ3) is 6.50. The van der Waals surface area contributed by atoms with Gasteiger partial charge >= 0.3 is 0 Å². The van der Waals surface area contributed by atoms with Crippen molar-refractivity contribution in [3.63, 3.8) is 0 Å². The minimum absolute atomic E-state index is 0.101.